The first-order valence-corrected chi connectivity index (χ1v) is 8.01. The number of nitrogens with one attached hydrogen (secondary N) is 2. The van der Waals surface area contributed by atoms with Crippen LogP contribution in [0.1, 0.15) is 22.6 Å². The number of rotatable bonds is 4. The van der Waals surface area contributed by atoms with Crippen LogP contribution in [0.3, 0.4) is 0 Å². The number of para-hydroxylation sites is 1. The summed E-state index contributed by atoms with van der Waals surface area (Å²) < 4.78 is 5.92. The molecule has 0 atom stereocenters. The molecule has 0 radical (unpaired) electrons. The van der Waals surface area contributed by atoms with E-state index in [9.17, 15) is 0 Å². The van der Waals surface area contributed by atoms with Crippen molar-refractivity contribution in [1.29, 1.82) is 0 Å². The van der Waals surface area contributed by atoms with E-state index in [4.69, 9.17) is 4.42 Å². The van der Waals surface area contributed by atoms with Gasteiger partial charge in [-0.3, -0.25) is 9.98 Å². The molecule has 0 bridgehead atoms. The fourth-order valence-electron chi connectivity index (χ4n) is 2.65. The minimum atomic E-state index is 0.585. The average molecular weight is 322 g/mol. The van der Waals surface area contributed by atoms with Gasteiger partial charge >= 0.3 is 0 Å². The van der Waals surface area contributed by atoms with Gasteiger partial charge in [0.05, 0.1) is 18.8 Å². The second-order valence-electron chi connectivity index (χ2n) is 5.69. The van der Waals surface area contributed by atoms with Gasteiger partial charge < -0.3 is 15.1 Å². The van der Waals surface area contributed by atoms with Crippen LogP contribution < -0.4 is 10.6 Å². The number of aromatic nitrogens is 1. The van der Waals surface area contributed by atoms with E-state index in [2.05, 4.69) is 46.6 Å². The van der Waals surface area contributed by atoms with E-state index in [0.717, 1.165) is 39.5 Å². The maximum atomic E-state index is 5.92. The molecule has 5 nitrogen and oxygen atoms in total. The Morgan fingerprint density at radius 2 is 1.88 bits per heavy atom. The average Bonchev–Trinajstić information content (AvgIpc) is 2.93. The third-order valence-corrected chi connectivity index (χ3v) is 4.12. The predicted octanol–water partition coefficient (Wildman–Crippen LogP) is 3.31. The molecule has 124 valence electrons. The number of hydrogen-bond donors (Lipinski definition) is 2. The van der Waals surface area contributed by atoms with Crippen molar-refractivity contribution >= 4 is 16.9 Å². The molecule has 5 heteroatoms. The first kappa shape index (κ1) is 16.1. The van der Waals surface area contributed by atoms with Crippen molar-refractivity contribution in [3.8, 4) is 0 Å². The molecule has 0 saturated heterocycles. The minimum absolute atomic E-state index is 0.585. The molecule has 0 fully saturated rings. The molecule has 0 saturated carbocycles. The van der Waals surface area contributed by atoms with Crippen LogP contribution in [-0.4, -0.2) is 18.0 Å². The maximum Gasteiger partial charge on any atom is 0.191 e. The summed E-state index contributed by atoms with van der Waals surface area (Å²) in [4.78, 5) is 8.64. The van der Waals surface area contributed by atoms with Gasteiger partial charge in [0.25, 0.3) is 0 Å². The second kappa shape index (κ2) is 7.17. The normalized spacial score (nSPS) is 11.7. The molecule has 2 aromatic heterocycles. The van der Waals surface area contributed by atoms with Gasteiger partial charge in [-0.25, -0.2) is 0 Å². The topological polar surface area (TPSA) is 62.5 Å². The van der Waals surface area contributed by atoms with E-state index < -0.39 is 0 Å². The lowest BCUT2D eigenvalue weighted by molar-refractivity contribution is 0.534. The largest absolute Gasteiger partial charge is 0.459 e. The summed E-state index contributed by atoms with van der Waals surface area (Å²) in [6.07, 6.45) is 1.80. The molecule has 0 aliphatic heterocycles. The first-order chi connectivity index (χ1) is 11.7. The Kier molecular flexibility index (Phi) is 4.79. The van der Waals surface area contributed by atoms with Crippen molar-refractivity contribution in [2.24, 2.45) is 4.99 Å². The van der Waals surface area contributed by atoms with Crippen molar-refractivity contribution < 1.29 is 4.42 Å². The van der Waals surface area contributed by atoms with Crippen molar-refractivity contribution in [1.82, 2.24) is 15.6 Å². The number of aliphatic imine (C=N–C) groups is 1. The third-order valence-electron chi connectivity index (χ3n) is 4.12. The summed E-state index contributed by atoms with van der Waals surface area (Å²) in [6.45, 7) is 5.35. The van der Waals surface area contributed by atoms with Crippen LogP contribution in [0, 0.1) is 13.8 Å². The lowest BCUT2D eigenvalue weighted by Gasteiger charge is -2.12. The van der Waals surface area contributed by atoms with Crippen LogP contribution in [0.4, 0.5) is 0 Å². The fourth-order valence-corrected chi connectivity index (χ4v) is 2.65. The molecule has 3 rings (SSSR count). The number of hydrogen-bond acceptors (Lipinski definition) is 3. The molecule has 0 aliphatic carbocycles. The van der Waals surface area contributed by atoms with Crippen molar-refractivity contribution in [2.45, 2.75) is 26.9 Å². The van der Waals surface area contributed by atoms with E-state index in [1.54, 1.807) is 13.2 Å². The maximum absolute atomic E-state index is 5.92. The summed E-state index contributed by atoms with van der Waals surface area (Å²) in [7, 11) is 1.76. The fraction of sp³-hybridized carbons (Fsp3) is 0.263. The summed E-state index contributed by atoms with van der Waals surface area (Å²) in [6, 6.07) is 12.1. The van der Waals surface area contributed by atoms with Gasteiger partial charge in [0, 0.05) is 24.2 Å². The SMILES string of the molecule is CN=C(NCc1ncccc1C)NCc1oc2ccccc2c1C. The number of furan rings is 1. The van der Waals surface area contributed by atoms with E-state index in [1.807, 2.05) is 24.3 Å². The monoisotopic (exact) mass is 322 g/mol. The lowest BCUT2D eigenvalue weighted by atomic mass is 10.1. The van der Waals surface area contributed by atoms with Crippen LogP contribution in [0.2, 0.25) is 0 Å². The van der Waals surface area contributed by atoms with Crippen molar-refractivity contribution in [3.05, 3.63) is 65.2 Å². The zero-order valence-electron chi connectivity index (χ0n) is 14.3. The molecule has 2 N–H and O–H groups in total. The van der Waals surface area contributed by atoms with Crippen molar-refractivity contribution in [2.75, 3.05) is 7.05 Å². The molecular weight excluding hydrogens is 300 g/mol. The Hall–Kier alpha value is -2.82. The molecule has 3 aromatic rings. The highest BCUT2D eigenvalue weighted by Gasteiger charge is 2.10. The Bertz CT molecular complexity index is 867. The second-order valence-corrected chi connectivity index (χ2v) is 5.69. The summed E-state index contributed by atoms with van der Waals surface area (Å²) >= 11 is 0. The molecule has 24 heavy (non-hydrogen) atoms. The van der Waals surface area contributed by atoms with Crippen molar-refractivity contribution in [3.63, 3.8) is 0 Å². The standard InChI is InChI=1S/C19H22N4O/c1-13-7-6-10-21-16(13)11-22-19(20-3)23-12-18-14(2)15-8-4-5-9-17(15)24-18/h4-10H,11-12H2,1-3H3,(H2,20,22,23). The molecule has 0 unspecified atom stereocenters. The van der Waals surface area contributed by atoms with Gasteiger partial charge in [-0.2, -0.15) is 0 Å². The van der Waals surface area contributed by atoms with Crippen LogP contribution in [0.15, 0.2) is 52.0 Å². The van der Waals surface area contributed by atoms with E-state index in [-0.39, 0.29) is 0 Å². The van der Waals surface area contributed by atoms with E-state index in [1.165, 1.54) is 0 Å². The minimum Gasteiger partial charge on any atom is -0.459 e. The molecule has 0 aliphatic rings. The Morgan fingerprint density at radius 3 is 2.62 bits per heavy atom. The number of nitrogens with zero attached hydrogens (tertiary/aromatic N) is 2. The highest BCUT2D eigenvalue weighted by molar-refractivity contribution is 5.82. The molecule has 1 aromatic carbocycles. The highest BCUT2D eigenvalue weighted by Crippen LogP contribution is 2.24. The Balaban J connectivity index is 1.63. The number of fused-ring (bicyclic) bond motifs is 1. The summed E-state index contributed by atoms with van der Waals surface area (Å²) in [5, 5.41) is 7.73. The zero-order valence-corrected chi connectivity index (χ0v) is 14.3. The molecular formula is C19H22N4O. The Morgan fingerprint density at radius 1 is 1.08 bits per heavy atom. The van der Waals surface area contributed by atoms with Gasteiger partial charge in [-0.05, 0) is 31.5 Å². The number of pyridine rings is 1. The number of guanidine groups is 1. The van der Waals surface area contributed by atoms with Gasteiger partial charge in [0.1, 0.15) is 11.3 Å². The van der Waals surface area contributed by atoms with Crippen LogP contribution in [-0.2, 0) is 13.1 Å². The summed E-state index contributed by atoms with van der Waals surface area (Å²) in [5.74, 6) is 1.65. The Labute approximate surface area is 141 Å². The molecule has 0 amide bonds. The van der Waals surface area contributed by atoms with Gasteiger partial charge in [0.15, 0.2) is 5.96 Å². The van der Waals surface area contributed by atoms with E-state index >= 15 is 0 Å². The summed E-state index contributed by atoms with van der Waals surface area (Å²) in [5.41, 5.74) is 4.25. The smallest absolute Gasteiger partial charge is 0.191 e. The van der Waals surface area contributed by atoms with Gasteiger partial charge in [-0.1, -0.05) is 24.3 Å². The molecule has 2 heterocycles. The van der Waals surface area contributed by atoms with Crippen LogP contribution >= 0.6 is 0 Å². The van der Waals surface area contributed by atoms with E-state index in [0.29, 0.717) is 13.1 Å². The third kappa shape index (κ3) is 3.40. The number of aryl methyl sites for hydroxylation is 2. The van der Waals surface area contributed by atoms with Gasteiger partial charge in [-0.15, -0.1) is 0 Å². The lowest BCUT2D eigenvalue weighted by Crippen LogP contribution is -2.36. The zero-order chi connectivity index (χ0) is 16.9. The van der Waals surface area contributed by atoms with Crippen LogP contribution in [0.25, 0.3) is 11.0 Å². The molecule has 0 spiro atoms. The predicted molar refractivity (Wildman–Crippen MR) is 97.0 cm³/mol. The van der Waals surface area contributed by atoms with Gasteiger partial charge in [0.2, 0.25) is 0 Å². The number of benzene rings is 1. The quantitative estimate of drug-likeness (QED) is 0.571. The first-order valence-electron chi connectivity index (χ1n) is 8.01. The van der Waals surface area contributed by atoms with Crippen LogP contribution in [0.5, 0.6) is 0 Å². The highest BCUT2D eigenvalue weighted by atomic mass is 16.3.